The summed E-state index contributed by atoms with van der Waals surface area (Å²) in [5.41, 5.74) is -0.236. The Balaban J connectivity index is 2.09. The second-order valence-corrected chi connectivity index (χ2v) is 7.78. The molecule has 2 saturated heterocycles. The van der Waals surface area contributed by atoms with E-state index in [-0.39, 0.29) is 17.2 Å². The van der Waals surface area contributed by atoms with Crippen molar-refractivity contribution < 1.29 is 9.59 Å². The van der Waals surface area contributed by atoms with Gasteiger partial charge in [0.1, 0.15) is 6.04 Å². The quantitative estimate of drug-likeness (QED) is 0.836. The van der Waals surface area contributed by atoms with Crippen molar-refractivity contribution in [3.05, 3.63) is 0 Å². The molecule has 0 aliphatic carbocycles. The minimum Gasteiger partial charge on any atom is -0.344 e. The number of amides is 2. The molecular formula is C14H24N2O2S. The third kappa shape index (κ3) is 3.65. The normalized spacial score (nSPS) is 29.3. The zero-order valence-corrected chi connectivity index (χ0v) is 12.9. The Morgan fingerprint density at radius 3 is 2.68 bits per heavy atom. The average Bonchev–Trinajstić information content (AvgIpc) is 2.77. The van der Waals surface area contributed by atoms with Crippen LogP contribution in [0.2, 0.25) is 0 Å². The molecule has 5 heteroatoms. The molecule has 0 bridgehead atoms. The molecule has 0 spiro atoms. The van der Waals surface area contributed by atoms with Gasteiger partial charge in [0.15, 0.2) is 0 Å². The van der Waals surface area contributed by atoms with Crippen molar-refractivity contribution in [1.29, 1.82) is 0 Å². The van der Waals surface area contributed by atoms with Gasteiger partial charge in [-0.15, -0.1) is 0 Å². The van der Waals surface area contributed by atoms with Crippen LogP contribution in [-0.2, 0) is 9.59 Å². The Kier molecular flexibility index (Phi) is 4.43. The Hall–Kier alpha value is -0.710. The Morgan fingerprint density at radius 2 is 2.11 bits per heavy atom. The van der Waals surface area contributed by atoms with E-state index >= 15 is 0 Å². The van der Waals surface area contributed by atoms with Crippen molar-refractivity contribution in [3.8, 4) is 0 Å². The van der Waals surface area contributed by atoms with Gasteiger partial charge in [0.25, 0.3) is 0 Å². The lowest BCUT2D eigenvalue weighted by Crippen LogP contribution is -2.52. The van der Waals surface area contributed by atoms with Gasteiger partial charge in [0, 0.05) is 19.5 Å². The largest absolute Gasteiger partial charge is 0.344 e. The summed E-state index contributed by atoms with van der Waals surface area (Å²) < 4.78 is 0. The van der Waals surface area contributed by atoms with Crippen LogP contribution < -0.4 is 5.32 Å². The second-order valence-electron chi connectivity index (χ2n) is 6.63. The smallest absolute Gasteiger partial charge is 0.245 e. The first-order chi connectivity index (χ1) is 8.88. The summed E-state index contributed by atoms with van der Waals surface area (Å²) >= 11 is 1.96. The van der Waals surface area contributed by atoms with Crippen LogP contribution >= 0.6 is 11.8 Å². The van der Waals surface area contributed by atoms with Gasteiger partial charge in [-0.3, -0.25) is 9.59 Å². The predicted octanol–water partition coefficient (Wildman–Crippen LogP) is 1.50. The highest BCUT2D eigenvalue weighted by atomic mass is 32.2. The van der Waals surface area contributed by atoms with Gasteiger partial charge < -0.3 is 10.2 Å². The van der Waals surface area contributed by atoms with Crippen LogP contribution in [0.25, 0.3) is 0 Å². The average molecular weight is 284 g/mol. The Bertz CT molecular complexity index is 359. The van der Waals surface area contributed by atoms with Crippen molar-refractivity contribution in [2.45, 2.75) is 39.7 Å². The van der Waals surface area contributed by atoms with Crippen LogP contribution in [0.1, 0.15) is 33.6 Å². The van der Waals surface area contributed by atoms with E-state index in [0.717, 1.165) is 12.3 Å². The van der Waals surface area contributed by atoms with Crippen LogP contribution in [0, 0.1) is 11.3 Å². The second kappa shape index (κ2) is 5.73. The summed E-state index contributed by atoms with van der Waals surface area (Å²) in [6.45, 7) is 7.39. The first kappa shape index (κ1) is 14.7. The molecule has 0 aromatic rings. The summed E-state index contributed by atoms with van der Waals surface area (Å²) in [4.78, 5) is 26.3. The molecule has 2 rings (SSSR count). The Morgan fingerprint density at radius 1 is 1.37 bits per heavy atom. The number of rotatable bonds is 2. The van der Waals surface area contributed by atoms with Gasteiger partial charge in [0.2, 0.25) is 11.8 Å². The van der Waals surface area contributed by atoms with E-state index in [2.05, 4.69) is 5.32 Å². The number of thioether (sulfide) groups is 1. The maximum Gasteiger partial charge on any atom is 0.245 e. The minimum absolute atomic E-state index is 0.00317. The van der Waals surface area contributed by atoms with Gasteiger partial charge in [-0.2, -0.15) is 11.8 Å². The number of hydrogen-bond donors (Lipinski definition) is 1. The number of hydrogen-bond acceptors (Lipinski definition) is 3. The zero-order chi connectivity index (χ0) is 14.0. The van der Waals surface area contributed by atoms with Gasteiger partial charge >= 0.3 is 0 Å². The molecule has 2 fully saturated rings. The van der Waals surface area contributed by atoms with Crippen molar-refractivity contribution in [3.63, 3.8) is 0 Å². The van der Waals surface area contributed by atoms with Crippen molar-refractivity contribution >= 4 is 23.6 Å². The van der Waals surface area contributed by atoms with E-state index in [1.807, 2.05) is 37.4 Å². The molecule has 4 nitrogen and oxygen atoms in total. The molecule has 2 amide bonds. The first-order valence-electron chi connectivity index (χ1n) is 7.04. The van der Waals surface area contributed by atoms with Crippen LogP contribution in [0.15, 0.2) is 0 Å². The van der Waals surface area contributed by atoms with E-state index < -0.39 is 6.04 Å². The van der Waals surface area contributed by atoms with E-state index in [1.165, 1.54) is 12.2 Å². The highest BCUT2D eigenvalue weighted by Gasteiger charge is 2.38. The van der Waals surface area contributed by atoms with Crippen molar-refractivity contribution in [2.24, 2.45) is 11.3 Å². The number of carbonyl (C=O) groups excluding carboxylic acids is 2. The maximum absolute atomic E-state index is 12.6. The highest BCUT2D eigenvalue weighted by molar-refractivity contribution is 7.99. The summed E-state index contributed by atoms with van der Waals surface area (Å²) in [6, 6.07) is -0.392. The molecule has 2 aliphatic heterocycles. The molecule has 19 heavy (non-hydrogen) atoms. The predicted molar refractivity (Wildman–Crippen MR) is 78.0 cm³/mol. The minimum atomic E-state index is -0.392. The fraction of sp³-hybridized carbons (Fsp3) is 0.857. The lowest BCUT2D eigenvalue weighted by Gasteiger charge is -2.33. The molecular weight excluding hydrogens is 260 g/mol. The number of nitrogens with one attached hydrogen (secondary N) is 1. The molecule has 2 unspecified atom stereocenters. The van der Waals surface area contributed by atoms with Gasteiger partial charge in [-0.1, -0.05) is 20.8 Å². The molecule has 2 atom stereocenters. The third-order valence-electron chi connectivity index (χ3n) is 3.84. The lowest BCUT2D eigenvalue weighted by molar-refractivity contribution is -0.136. The fourth-order valence-electron chi connectivity index (χ4n) is 2.63. The topological polar surface area (TPSA) is 49.4 Å². The lowest BCUT2D eigenvalue weighted by atomic mass is 9.86. The number of carbonyl (C=O) groups is 2. The summed E-state index contributed by atoms with van der Waals surface area (Å²) in [5.74, 6) is 3.03. The molecule has 0 aromatic heterocycles. The SMILES string of the molecule is CC(C)(C)C1NC(=O)CCN(CC2CCSC2)C1=O. The molecule has 0 aromatic carbocycles. The van der Waals surface area contributed by atoms with Crippen LogP contribution in [0.3, 0.4) is 0 Å². The van der Waals surface area contributed by atoms with E-state index in [0.29, 0.717) is 18.9 Å². The molecule has 0 saturated carbocycles. The molecule has 1 N–H and O–H groups in total. The first-order valence-corrected chi connectivity index (χ1v) is 8.19. The molecule has 0 radical (unpaired) electrons. The summed E-state index contributed by atoms with van der Waals surface area (Å²) in [7, 11) is 0. The molecule has 108 valence electrons. The van der Waals surface area contributed by atoms with Crippen molar-refractivity contribution in [2.75, 3.05) is 24.6 Å². The monoisotopic (exact) mass is 284 g/mol. The van der Waals surface area contributed by atoms with Crippen LogP contribution in [0.5, 0.6) is 0 Å². The number of nitrogens with zero attached hydrogens (tertiary/aromatic N) is 1. The van der Waals surface area contributed by atoms with Gasteiger partial charge in [-0.05, 0) is 29.3 Å². The van der Waals surface area contributed by atoms with E-state index in [9.17, 15) is 9.59 Å². The molecule has 2 heterocycles. The van der Waals surface area contributed by atoms with Gasteiger partial charge in [-0.25, -0.2) is 0 Å². The molecule has 2 aliphatic rings. The Labute approximate surface area is 119 Å². The van der Waals surface area contributed by atoms with Gasteiger partial charge in [0.05, 0.1) is 0 Å². The summed E-state index contributed by atoms with van der Waals surface area (Å²) in [6.07, 6.45) is 1.62. The maximum atomic E-state index is 12.6. The third-order valence-corrected chi connectivity index (χ3v) is 5.07. The standard InChI is InChI=1S/C14H24N2O2S/c1-14(2,3)12-13(18)16(6-4-11(17)15-12)8-10-5-7-19-9-10/h10,12H,4-9H2,1-3H3,(H,15,17). The van der Waals surface area contributed by atoms with Crippen LogP contribution in [0.4, 0.5) is 0 Å². The summed E-state index contributed by atoms with van der Waals surface area (Å²) in [5, 5.41) is 2.89. The van der Waals surface area contributed by atoms with E-state index in [4.69, 9.17) is 0 Å². The van der Waals surface area contributed by atoms with Crippen molar-refractivity contribution in [1.82, 2.24) is 10.2 Å². The fourth-order valence-corrected chi connectivity index (χ4v) is 3.90. The van der Waals surface area contributed by atoms with E-state index in [1.54, 1.807) is 0 Å². The highest BCUT2D eigenvalue weighted by Crippen LogP contribution is 2.27. The van der Waals surface area contributed by atoms with Crippen LogP contribution in [-0.4, -0.2) is 47.4 Å². The zero-order valence-electron chi connectivity index (χ0n) is 12.1.